The molecule has 3 aromatic rings. The van der Waals surface area contributed by atoms with Gasteiger partial charge < -0.3 is 15.2 Å². The minimum atomic E-state index is -1.34. The van der Waals surface area contributed by atoms with Crippen LogP contribution in [0.15, 0.2) is 54.9 Å². The summed E-state index contributed by atoms with van der Waals surface area (Å²) in [5, 5.41) is 5.34. The number of imide groups is 1. The SMILES string of the molecule is CC1(c2ccc(F)cc2)NC(=O)N(CC(=O)NCCCn2cnc3ccccc32)C1=O. The van der Waals surface area contributed by atoms with E-state index in [9.17, 15) is 18.8 Å². The Labute approximate surface area is 178 Å². The molecule has 1 atom stereocenters. The molecule has 1 unspecified atom stereocenters. The molecule has 2 heterocycles. The number of para-hydroxylation sites is 2. The van der Waals surface area contributed by atoms with Crippen LogP contribution in [-0.2, 0) is 21.7 Å². The number of aryl methyl sites for hydroxylation is 1. The standard InChI is InChI=1S/C22H22FN5O3/c1-22(15-7-9-16(23)10-8-15)20(30)28(21(31)26-22)13-19(29)24-11-4-12-27-14-25-17-5-2-3-6-18(17)27/h2-3,5-10,14H,4,11-13H2,1H3,(H,24,29)(H,26,31). The lowest BCUT2D eigenvalue weighted by molar-refractivity contribution is -0.134. The van der Waals surface area contributed by atoms with Crippen LogP contribution in [0.2, 0.25) is 0 Å². The number of hydrogen-bond acceptors (Lipinski definition) is 4. The highest BCUT2D eigenvalue weighted by Crippen LogP contribution is 2.28. The third-order valence-corrected chi connectivity index (χ3v) is 5.42. The summed E-state index contributed by atoms with van der Waals surface area (Å²) in [5.41, 5.74) is 1.04. The predicted molar refractivity (Wildman–Crippen MR) is 111 cm³/mol. The number of aromatic nitrogens is 2. The lowest BCUT2D eigenvalue weighted by Gasteiger charge is -2.22. The number of carbonyl (C=O) groups is 3. The summed E-state index contributed by atoms with van der Waals surface area (Å²) in [6, 6.07) is 12.5. The van der Waals surface area contributed by atoms with Crippen molar-refractivity contribution in [3.8, 4) is 0 Å². The Morgan fingerprint density at radius 3 is 2.68 bits per heavy atom. The highest BCUT2D eigenvalue weighted by atomic mass is 19.1. The van der Waals surface area contributed by atoms with E-state index in [1.165, 1.54) is 31.2 Å². The predicted octanol–water partition coefficient (Wildman–Crippen LogP) is 2.15. The molecule has 0 saturated carbocycles. The summed E-state index contributed by atoms with van der Waals surface area (Å²) in [6.07, 6.45) is 2.43. The van der Waals surface area contributed by atoms with Gasteiger partial charge in [-0.2, -0.15) is 0 Å². The molecular weight excluding hydrogens is 401 g/mol. The summed E-state index contributed by atoms with van der Waals surface area (Å²) < 4.78 is 15.2. The van der Waals surface area contributed by atoms with E-state index in [-0.39, 0.29) is 6.54 Å². The van der Waals surface area contributed by atoms with Crippen LogP contribution in [0.5, 0.6) is 0 Å². The lowest BCUT2D eigenvalue weighted by Crippen LogP contribution is -2.43. The fourth-order valence-electron chi connectivity index (χ4n) is 3.68. The first-order valence-corrected chi connectivity index (χ1v) is 9.95. The van der Waals surface area contributed by atoms with Gasteiger partial charge >= 0.3 is 6.03 Å². The van der Waals surface area contributed by atoms with Gasteiger partial charge in [0.2, 0.25) is 5.91 Å². The molecule has 0 aliphatic carbocycles. The number of carbonyl (C=O) groups excluding carboxylic acids is 3. The Hall–Kier alpha value is -3.75. The molecule has 1 saturated heterocycles. The van der Waals surface area contributed by atoms with E-state index in [1.54, 1.807) is 6.33 Å². The van der Waals surface area contributed by atoms with Crippen molar-refractivity contribution in [3.05, 3.63) is 66.2 Å². The van der Waals surface area contributed by atoms with Crippen molar-refractivity contribution in [1.82, 2.24) is 25.1 Å². The molecule has 9 heteroatoms. The minimum Gasteiger partial charge on any atom is -0.354 e. The van der Waals surface area contributed by atoms with Crippen molar-refractivity contribution in [3.63, 3.8) is 0 Å². The normalized spacial score (nSPS) is 18.5. The second-order valence-electron chi connectivity index (χ2n) is 7.58. The van der Waals surface area contributed by atoms with Crippen LogP contribution in [-0.4, -0.2) is 45.4 Å². The Morgan fingerprint density at radius 1 is 1.16 bits per heavy atom. The molecule has 8 nitrogen and oxygen atoms in total. The smallest absolute Gasteiger partial charge is 0.325 e. The summed E-state index contributed by atoms with van der Waals surface area (Å²) in [6.45, 7) is 2.22. The molecule has 1 fully saturated rings. The number of halogens is 1. The molecule has 2 aromatic carbocycles. The van der Waals surface area contributed by atoms with Gasteiger partial charge in [-0.25, -0.2) is 14.2 Å². The Balaban J connectivity index is 1.30. The van der Waals surface area contributed by atoms with Gasteiger partial charge in [0, 0.05) is 13.1 Å². The number of amides is 4. The van der Waals surface area contributed by atoms with Crippen molar-refractivity contribution in [2.24, 2.45) is 0 Å². The van der Waals surface area contributed by atoms with E-state index < -0.39 is 29.2 Å². The van der Waals surface area contributed by atoms with E-state index in [2.05, 4.69) is 15.6 Å². The first-order chi connectivity index (χ1) is 14.9. The van der Waals surface area contributed by atoms with E-state index >= 15 is 0 Å². The maximum atomic E-state index is 13.2. The Kier molecular flexibility index (Phi) is 5.41. The van der Waals surface area contributed by atoms with Crippen LogP contribution in [0.3, 0.4) is 0 Å². The molecule has 2 N–H and O–H groups in total. The van der Waals surface area contributed by atoms with E-state index in [4.69, 9.17) is 0 Å². The number of benzene rings is 2. The number of hydrogen-bond donors (Lipinski definition) is 2. The Bertz CT molecular complexity index is 1140. The van der Waals surface area contributed by atoms with Gasteiger partial charge in [-0.05, 0) is 43.2 Å². The highest BCUT2D eigenvalue weighted by Gasteiger charge is 2.49. The average molecular weight is 423 g/mol. The van der Waals surface area contributed by atoms with Crippen molar-refractivity contribution in [2.75, 3.05) is 13.1 Å². The lowest BCUT2D eigenvalue weighted by atomic mass is 9.92. The quantitative estimate of drug-likeness (QED) is 0.450. The van der Waals surface area contributed by atoms with E-state index in [1.807, 2.05) is 28.8 Å². The van der Waals surface area contributed by atoms with Gasteiger partial charge in [0.05, 0.1) is 17.4 Å². The highest BCUT2D eigenvalue weighted by molar-refractivity contribution is 6.09. The molecule has 1 aliphatic heterocycles. The number of rotatable bonds is 7. The third-order valence-electron chi connectivity index (χ3n) is 5.42. The van der Waals surface area contributed by atoms with Gasteiger partial charge in [-0.15, -0.1) is 0 Å². The maximum absolute atomic E-state index is 13.2. The molecular formula is C22H22FN5O3. The van der Waals surface area contributed by atoms with Crippen molar-refractivity contribution < 1.29 is 18.8 Å². The van der Waals surface area contributed by atoms with Crippen LogP contribution in [0.1, 0.15) is 18.9 Å². The van der Waals surface area contributed by atoms with Crippen LogP contribution < -0.4 is 10.6 Å². The largest absolute Gasteiger partial charge is 0.354 e. The molecule has 4 rings (SSSR count). The topological polar surface area (TPSA) is 96.3 Å². The van der Waals surface area contributed by atoms with Gasteiger partial charge in [-0.1, -0.05) is 24.3 Å². The second-order valence-corrected chi connectivity index (χ2v) is 7.58. The summed E-state index contributed by atoms with van der Waals surface area (Å²) >= 11 is 0. The number of urea groups is 1. The molecule has 1 aromatic heterocycles. The zero-order valence-corrected chi connectivity index (χ0v) is 17.0. The van der Waals surface area contributed by atoms with Crippen LogP contribution in [0, 0.1) is 5.82 Å². The average Bonchev–Trinajstić information content (AvgIpc) is 3.26. The van der Waals surface area contributed by atoms with Gasteiger partial charge in [-0.3, -0.25) is 14.5 Å². The van der Waals surface area contributed by atoms with Gasteiger partial charge in [0.25, 0.3) is 5.91 Å². The number of nitrogens with zero attached hydrogens (tertiary/aromatic N) is 3. The Morgan fingerprint density at radius 2 is 1.90 bits per heavy atom. The number of imidazole rings is 1. The fourth-order valence-corrected chi connectivity index (χ4v) is 3.68. The van der Waals surface area contributed by atoms with Crippen LogP contribution in [0.4, 0.5) is 9.18 Å². The molecule has 31 heavy (non-hydrogen) atoms. The third kappa shape index (κ3) is 3.98. The first-order valence-electron chi connectivity index (χ1n) is 9.95. The number of nitrogens with one attached hydrogen (secondary N) is 2. The monoisotopic (exact) mass is 423 g/mol. The summed E-state index contributed by atoms with van der Waals surface area (Å²) in [7, 11) is 0. The van der Waals surface area contributed by atoms with Crippen molar-refractivity contribution in [1.29, 1.82) is 0 Å². The molecule has 4 amide bonds. The maximum Gasteiger partial charge on any atom is 0.325 e. The molecule has 160 valence electrons. The van der Waals surface area contributed by atoms with E-state index in [0.717, 1.165) is 15.9 Å². The van der Waals surface area contributed by atoms with Gasteiger partial charge in [0.1, 0.15) is 17.9 Å². The van der Waals surface area contributed by atoms with Crippen molar-refractivity contribution >= 4 is 28.9 Å². The molecule has 0 radical (unpaired) electrons. The second kappa shape index (κ2) is 8.17. The first kappa shape index (κ1) is 20.5. The summed E-state index contributed by atoms with van der Waals surface area (Å²) in [4.78, 5) is 42.6. The molecule has 0 spiro atoms. The van der Waals surface area contributed by atoms with Gasteiger partial charge in [0.15, 0.2) is 0 Å². The number of fused-ring (bicyclic) bond motifs is 1. The molecule has 0 bridgehead atoms. The minimum absolute atomic E-state index is 0.380. The summed E-state index contributed by atoms with van der Waals surface area (Å²) in [5.74, 6) is -1.42. The zero-order chi connectivity index (χ0) is 22.0. The fraction of sp³-hybridized carbons (Fsp3) is 0.273. The zero-order valence-electron chi connectivity index (χ0n) is 17.0. The van der Waals surface area contributed by atoms with Crippen molar-refractivity contribution in [2.45, 2.75) is 25.4 Å². The van der Waals surface area contributed by atoms with E-state index in [0.29, 0.717) is 25.1 Å². The molecule has 1 aliphatic rings. The van der Waals surface area contributed by atoms with Crippen LogP contribution in [0.25, 0.3) is 11.0 Å². The van der Waals surface area contributed by atoms with Crippen LogP contribution >= 0.6 is 0 Å².